The van der Waals surface area contributed by atoms with Crippen molar-refractivity contribution >= 4 is 17.4 Å². The van der Waals surface area contributed by atoms with Crippen molar-refractivity contribution in [1.82, 2.24) is 0 Å². The summed E-state index contributed by atoms with van der Waals surface area (Å²) in [6.45, 7) is 3.16. The van der Waals surface area contributed by atoms with Gasteiger partial charge in [-0.1, -0.05) is 0 Å². The van der Waals surface area contributed by atoms with E-state index < -0.39 is 0 Å². The lowest BCUT2D eigenvalue weighted by Crippen LogP contribution is -2.40. The molecule has 92 valence electrons. The molecule has 1 saturated heterocycles. The topological polar surface area (TPSA) is 47.7 Å². The predicted molar refractivity (Wildman–Crippen MR) is 70.1 cm³/mol. The number of nitrogens with two attached hydrogens (primary N) is 1. The Hall–Kier alpha value is -1.07. The van der Waals surface area contributed by atoms with E-state index >= 15 is 0 Å². The van der Waals surface area contributed by atoms with E-state index in [0.29, 0.717) is 12.0 Å². The molecule has 1 fully saturated rings. The first-order chi connectivity index (χ1) is 8.36. The normalized spacial score (nSPS) is 22.9. The van der Waals surface area contributed by atoms with Crippen LogP contribution >= 0.6 is 11.8 Å². The molecule has 17 heavy (non-hydrogen) atoms. The van der Waals surface area contributed by atoms with E-state index in [4.69, 9.17) is 15.2 Å². The summed E-state index contributed by atoms with van der Waals surface area (Å²) in [5.74, 6) is 2.83. The fraction of sp³-hybridized carbons (Fsp3) is 0.500. The Labute approximate surface area is 105 Å². The van der Waals surface area contributed by atoms with Crippen molar-refractivity contribution < 1.29 is 9.47 Å². The Bertz CT molecular complexity index is 413. The fourth-order valence-electron chi connectivity index (χ4n) is 2.18. The monoisotopic (exact) mass is 252 g/mol. The number of anilines is 1. The van der Waals surface area contributed by atoms with Crippen molar-refractivity contribution in [2.24, 2.45) is 5.73 Å². The van der Waals surface area contributed by atoms with Crippen LogP contribution in [0.3, 0.4) is 0 Å². The summed E-state index contributed by atoms with van der Waals surface area (Å²) in [5, 5.41) is 0.536. The number of fused-ring (bicyclic) bond motifs is 1. The summed E-state index contributed by atoms with van der Waals surface area (Å²) in [6.07, 6.45) is 0. The SMILES string of the molecule is NCC1CN(c2ccc3c(c2)OCO3)CCS1. The molecule has 4 nitrogen and oxygen atoms in total. The molecule has 0 aliphatic carbocycles. The molecular formula is C12H16N2O2S. The molecule has 2 heterocycles. The lowest BCUT2D eigenvalue weighted by molar-refractivity contribution is 0.174. The van der Waals surface area contributed by atoms with E-state index in [0.717, 1.165) is 36.9 Å². The second kappa shape index (κ2) is 4.66. The number of benzene rings is 1. The highest BCUT2D eigenvalue weighted by Gasteiger charge is 2.21. The smallest absolute Gasteiger partial charge is 0.231 e. The number of ether oxygens (including phenoxy) is 2. The van der Waals surface area contributed by atoms with Crippen LogP contribution in [-0.2, 0) is 0 Å². The van der Waals surface area contributed by atoms with Crippen molar-refractivity contribution in [3.05, 3.63) is 18.2 Å². The van der Waals surface area contributed by atoms with Crippen LogP contribution in [0.15, 0.2) is 18.2 Å². The Morgan fingerprint density at radius 1 is 1.35 bits per heavy atom. The van der Waals surface area contributed by atoms with Gasteiger partial charge in [-0.25, -0.2) is 0 Å². The van der Waals surface area contributed by atoms with Crippen LogP contribution in [0.2, 0.25) is 0 Å². The van der Waals surface area contributed by atoms with Gasteiger partial charge in [0.05, 0.1) is 0 Å². The molecule has 1 unspecified atom stereocenters. The largest absolute Gasteiger partial charge is 0.454 e. The van der Waals surface area contributed by atoms with Gasteiger partial charge in [-0.3, -0.25) is 0 Å². The van der Waals surface area contributed by atoms with Crippen molar-refractivity contribution in [2.75, 3.05) is 37.1 Å². The lowest BCUT2D eigenvalue weighted by atomic mass is 10.2. The van der Waals surface area contributed by atoms with E-state index in [1.165, 1.54) is 5.69 Å². The molecule has 1 atom stereocenters. The third-order valence-corrected chi connectivity index (χ3v) is 4.35. The Balaban J connectivity index is 1.79. The molecular weight excluding hydrogens is 236 g/mol. The van der Waals surface area contributed by atoms with Crippen molar-refractivity contribution in [1.29, 1.82) is 0 Å². The Morgan fingerprint density at radius 3 is 3.12 bits per heavy atom. The minimum absolute atomic E-state index is 0.333. The van der Waals surface area contributed by atoms with Crippen LogP contribution in [0.4, 0.5) is 5.69 Å². The zero-order valence-electron chi connectivity index (χ0n) is 9.59. The van der Waals surface area contributed by atoms with Crippen molar-refractivity contribution in [3.8, 4) is 11.5 Å². The molecule has 3 rings (SSSR count). The quantitative estimate of drug-likeness (QED) is 0.859. The summed E-state index contributed by atoms with van der Waals surface area (Å²) in [6, 6.07) is 6.14. The number of nitrogens with zero attached hydrogens (tertiary/aromatic N) is 1. The molecule has 0 saturated carbocycles. The average molecular weight is 252 g/mol. The van der Waals surface area contributed by atoms with Gasteiger partial charge in [-0.2, -0.15) is 11.8 Å². The highest BCUT2D eigenvalue weighted by molar-refractivity contribution is 8.00. The zero-order valence-corrected chi connectivity index (χ0v) is 10.4. The Morgan fingerprint density at radius 2 is 2.24 bits per heavy atom. The van der Waals surface area contributed by atoms with Gasteiger partial charge in [-0.15, -0.1) is 0 Å². The molecule has 0 amide bonds. The number of hydrogen-bond donors (Lipinski definition) is 1. The maximum absolute atomic E-state index is 5.74. The molecule has 1 aromatic rings. The molecule has 2 N–H and O–H groups in total. The van der Waals surface area contributed by atoms with Gasteiger partial charge in [0.25, 0.3) is 0 Å². The minimum Gasteiger partial charge on any atom is -0.454 e. The summed E-state index contributed by atoms with van der Waals surface area (Å²) < 4.78 is 10.7. The molecule has 1 aromatic carbocycles. The van der Waals surface area contributed by atoms with Crippen molar-refractivity contribution in [2.45, 2.75) is 5.25 Å². The summed E-state index contributed by atoms with van der Waals surface area (Å²) in [5.41, 5.74) is 6.94. The van der Waals surface area contributed by atoms with Gasteiger partial charge in [0, 0.05) is 42.4 Å². The molecule has 2 aliphatic rings. The van der Waals surface area contributed by atoms with E-state index in [2.05, 4.69) is 17.0 Å². The minimum atomic E-state index is 0.333. The molecule has 2 aliphatic heterocycles. The van der Waals surface area contributed by atoms with E-state index in [9.17, 15) is 0 Å². The van der Waals surface area contributed by atoms with Gasteiger partial charge >= 0.3 is 0 Å². The standard InChI is InChI=1S/C12H16N2O2S/c13-6-10-7-14(3-4-17-10)9-1-2-11-12(5-9)16-8-15-11/h1-2,5,10H,3-4,6-8,13H2. The lowest BCUT2D eigenvalue weighted by Gasteiger charge is -2.33. The molecule has 0 bridgehead atoms. The second-order valence-electron chi connectivity index (χ2n) is 4.21. The summed E-state index contributed by atoms with van der Waals surface area (Å²) >= 11 is 1.96. The highest BCUT2D eigenvalue weighted by Crippen LogP contribution is 2.36. The van der Waals surface area contributed by atoms with Crippen LogP contribution in [0.5, 0.6) is 11.5 Å². The average Bonchev–Trinajstić information content (AvgIpc) is 2.86. The van der Waals surface area contributed by atoms with Crippen LogP contribution < -0.4 is 20.1 Å². The van der Waals surface area contributed by atoms with Gasteiger partial charge in [0.15, 0.2) is 11.5 Å². The van der Waals surface area contributed by atoms with Crippen LogP contribution in [0.25, 0.3) is 0 Å². The number of thioether (sulfide) groups is 1. The van der Waals surface area contributed by atoms with Crippen LogP contribution in [0.1, 0.15) is 0 Å². The van der Waals surface area contributed by atoms with E-state index in [1.54, 1.807) is 0 Å². The van der Waals surface area contributed by atoms with Gasteiger partial charge in [0.1, 0.15) is 0 Å². The fourth-order valence-corrected chi connectivity index (χ4v) is 3.26. The highest BCUT2D eigenvalue weighted by atomic mass is 32.2. The first-order valence-corrected chi connectivity index (χ1v) is 6.88. The summed E-state index contributed by atoms with van der Waals surface area (Å²) in [4.78, 5) is 2.37. The molecule has 5 heteroatoms. The third kappa shape index (κ3) is 2.17. The van der Waals surface area contributed by atoms with Gasteiger partial charge in [-0.05, 0) is 12.1 Å². The van der Waals surface area contributed by atoms with Crippen LogP contribution in [0, 0.1) is 0 Å². The summed E-state index contributed by atoms with van der Waals surface area (Å²) in [7, 11) is 0. The third-order valence-electron chi connectivity index (χ3n) is 3.12. The Kier molecular flexibility index (Phi) is 3.03. The first-order valence-electron chi connectivity index (χ1n) is 5.83. The van der Waals surface area contributed by atoms with Gasteiger partial charge < -0.3 is 20.1 Å². The van der Waals surface area contributed by atoms with E-state index in [-0.39, 0.29) is 0 Å². The molecule has 0 radical (unpaired) electrons. The van der Waals surface area contributed by atoms with Crippen molar-refractivity contribution in [3.63, 3.8) is 0 Å². The van der Waals surface area contributed by atoms with E-state index in [1.807, 2.05) is 17.8 Å². The number of hydrogen-bond acceptors (Lipinski definition) is 5. The zero-order chi connectivity index (χ0) is 11.7. The predicted octanol–water partition coefficient (Wildman–Crippen LogP) is 1.30. The second-order valence-corrected chi connectivity index (χ2v) is 5.62. The number of rotatable bonds is 2. The van der Waals surface area contributed by atoms with Crippen LogP contribution in [-0.4, -0.2) is 37.4 Å². The first kappa shape index (κ1) is 11.0. The molecule has 0 aromatic heterocycles. The molecule has 0 spiro atoms. The maximum atomic E-state index is 5.74. The maximum Gasteiger partial charge on any atom is 0.231 e. The van der Waals surface area contributed by atoms with Gasteiger partial charge in [0.2, 0.25) is 6.79 Å².